The maximum atomic E-state index is 11.4. The highest BCUT2D eigenvalue weighted by Crippen LogP contribution is 2.48. The molecule has 0 amide bonds. The summed E-state index contributed by atoms with van der Waals surface area (Å²) in [6.45, 7) is 4.94. The van der Waals surface area contributed by atoms with Crippen LogP contribution in [0.1, 0.15) is 45.4 Å². The molecule has 1 N–H and O–H groups in total. The molecule has 1 saturated heterocycles. The van der Waals surface area contributed by atoms with Crippen LogP contribution >= 0.6 is 0 Å². The largest absolute Gasteiger partial charge is 0.481 e. The molecule has 2 saturated carbocycles. The number of carboxylic acids is 1. The predicted molar refractivity (Wildman–Crippen MR) is 70.4 cm³/mol. The average molecular weight is 251 g/mol. The quantitative estimate of drug-likeness (QED) is 0.838. The van der Waals surface area contributed by atoms with E-state index < -0.39 is 11.4 Å². The number of carbonyl (C=O) groups is 1. The summed E-state index contributed by atoms with van der Waals surface area (Å²) < 4.78 is 0. The summed E-state index contributed by atoms with van der Waals surface area (Å²) in [4.78, 5) is 13.8. The first kappa shape index (κ1) is 12.5. The van der Waals surface area contributed by atoms with Gasteiger partial charge in [0.15, 0.2) is 0 Å². The summed E-state index contributed by atoms with van der Waals surface area (Å²) in [5.41, 5.74) is -0.504. The van der Waals surface area contributed by atoms with Crippen LogP contribution in [0.15, 0.2) is 0 Å². The predicted octanol–water partition coefficient (Wildman–Crippen LogP) is 2.61. The van der Waals surface area contributed by atoms with Crippen molar-refractivity contribution in [2.45, 2.75) is 45.4 Å². The van der Waals surface area contributed by atoms with Crippen molar-refractivity contribution in [3.63, 3.8) is 0 Å². The van der Waals surface area contributed by atoms with Crippen LogP contribution in [0.4, 0.5) is 0 Å². The summed E-state index contributed by atoms with van der Waals surface area (Å²) in [6, 6.07) is 0. The van der Waals surface area contributed by atoms with Crippen molar-refractivity contribution in [2.24, 2.45) is 23.2 Å². The minimum absolute atomic E-state index is 0.504. The van der Waals surface area contributed by atoms with Gasteiger partial charge in [-0.3, -0.25) is 4.79 Å². The van der Waals surface area contributed by atoms with Crippen molar-refractivity contribution in [1.29, 1.82) is 0 Å². The number of likely N-dealkylation sites (tertiary alicyclic amines) is 1. The van der Waals surface area contributed by atoms with E-state index in [1.54, 1.807) is 0 Å². The Labute approximate surface area is 110 Å². The number of hydrogen-bond acceptors (Lipinski definition) is 2. The lowest BCUT2D eigenvalue weighted by Crippen LogP contribution is -2.47. The molecule has 102 valence electrons. The number of nitrogens with zero attached hydrogens (tertiary/aromatic N) is 1. The molecule has 3 aliphatic rings. The molecule has 0 spiro atoms. The van der Waals surface area contributed by atoms with E-state index in [1.807, 2.05) is 6.92 Å². The van der Waals surface area contributed by atoms with Gasteiger partial charge in [0.05, 0.1) is 5.41 Å². The summed E-state index contributed by atoms with van der Waals surface area (Å²) in [5.74, 6) is 2.20. The zero-order valence-corrected chi connectivity index (χ0v) is 11.4. The molecule has 3 nitrogen and oxygen atoms in total. The Kier molecular flexibility index (Phi) is 3.13. The molecule has 3 fully saturated rings. The van der Waals surface area contributed by atoms with E-state index in [-0.39, 0.29) is 0 Å². The molecule has 3 rings (SSSR count). The molecule has 1 heterocycles. The molecule has 4 unspecified atom stereocenters. The zero-order chi connectivity index (χ0) is 12.8. The van der Waals surface area contributed by atoms with Crippen LogP contribution in [-0.4, -0.2) is 35.6 Å². The normalized spacial score (nSPS) is 44.4. The fourth-order valence-corrected chi connectivity index (χ4v) is 4.61. The summed E-state index contributed by atoms with van der Waals surface area (Å²) >= 11 is 0. The molecule has 18 heavy (non-hydrogen) atoms. The minimum atomic E-state index is -0.611. The second-order valence-corrected chi connectivity index (χ2v) is 7.14. The van der Waals surface area contributed by atoms with Crippen molar-refractivity contribution in [1.82, 2.24) is 4.90 Å². The van der Waals surface area contributed by atoms with Crippen LogP contribution in [0, 0.1) is 23.2 Å². The van der Waals surface area contributed by atoms with Crippen molar-refractivity contribution in [3.05, 3.63) is 0 Å². The smallest absolute Gasteiger partial charge is 0.310 e. The van der Waals surface area contributed by atoms with Gasteiger partial charge in [-0.2, -0.15) is 0 Å². The number of piperidine rings is 1. The fourth-order valence-electron chi connectivity index (χ4n) is 4.61. The highest BCUT2D eigenvalue weighted by atomic mass is 16.4. The van der Waals surface area contributed by atoms with Crippen LogP contribution in [0.2, 0.25) is 0 Å². The maximum Gasteiger partial charge on any atom is 0.310 e. The third kappa shape index (κ3) is 2.18. The molecule has 0 radical (unpaired) electrons. The molecule has 0 aromatic heterocycles. The number of carboxylic acid groups (broad SMARTS) is 1. The standard InChI is InChI=1S/C15H25NO2/c1-15(14(17)18)5-2-6-16(10-15)9-13-8-11-3-4-12(13)7-11/h11-13H,2-10H2,1H3,(H,17,18). The SMILES string of the molecule is CC1(C(=O)O)CCCN(CC2CC3CCC2C3)C1. The van der Waals surface area contributed by atoms with Gasteiger partial charge in [-0.1, -0.05) is 6.42 Å². The van der Waals surface area contributed by atoms with Crippen molar-refractivity contribution in [3.8, 4) is 0 Å². The molecular formula is C15H25NO2. The molecule has 1 aliphatic heterocycles. The first-order valence-electron chi connectivity index (χ1n) is 7.52. The zero-order valence-electron chi connectivity index (χ0n) is 11.4. The van der Waals surface area contributed by atoms with Crippen LogP contribution < -0.4 is 0 Å². The van der Waals surface area contributed by atoms with Gasteiger partial charge in [0, 0.05) is 13.1 Å². The van der Waals surface area contributed by atoms with E-state index in [4.69, 9.17) is 0 Å². The van der Waals surface area contributed by atoms with Crippen LogP contribution in [0.3, 0.4) is 0 Å². The molecular weight excluding hydrogens is 226 g/mol. The lowest BCUT2D eigenvalue weighted by Gasteiger charge is -2.39. The van der Waals surface area contributed by atoms with Crippen LogP contribution in [0.25, 0.3) is 0 Å². The lowest BCUT2D eigenvalue weighted by molar-refractivity contribution is -0.151. The van der Waals surface area contributed by atoms with Gasteiger partial charge in [-0.25, -0.2) is 0 Å². The fraction of sp³-hybridized carbons (Fsp3) is 0.933. The maximum absolute atomic E-state index is 11.4. The molecule has 2 aliphatic carbocycles. The highest BCUT2D eigenvalue weighted by molar-refractivity contribution is 5.74. The van der Waals surface area contributed by atoms with Gasteiger partial charge in [-0.15, -0.1) is 0 Å². The number of hydrogen-bond donors (Lipinski definition) is 1. The van der Waals surface area contributed by atoms with Gasteiger partial charge < -0.3 is 10.0 Å². The van der Waals surface area contributed by atoms with Crippen LogP contribution in [0.5, 0.6) is 0 Å². The summed E-state index contributed by atoms with van der Waals surface area (Å²) in [6.07, 6.45) is 7.63. The second-order valence-electron chi connectivity index (χ2n) is 7.14. The molecule has 2 bridgehead atoms. The summed E-state index contributed by atoms with van der Waals surface area (Å²) in [7, 11) is 0. The van der Waals surface area contributed by atoms with E-state index in [2.05, 4.69) is 4.90 Å². The van der Waals surface area contributed by atoms with Gasteiger partial charge in [-0.05, 0) is 63.3 Å². The molecule has 3 heteroatoms. The Morgan fingerprint density at radius 2 is 2.22 bits per heavy atom. The van der Waals surface area contributed by atoms with Gasteiger partial charge in [0.25, 0.3) is 0 Å². The highest BCUT2D eigenvalue weighted by Gasteiger charge is 2.42. The van der Waals surface area contributed by atoms with E-state index in [0.29, 0.717) is 0 Å². The van der Waals surface area contributed by atoms with Gasteiger partial charge in [0.1, 0.15) is 0 Å². The van der Waals surface area contributed by atoms with Crippen molar-refractivity contribution >= 4 is 5.97 Å². The number of fused-ring (bicyclic) bond motifs is 2. The lowest BCUT2D eigenvalue weighted by atomic mass is 9.81. The van der Waals surface area contributed by atoms with E-state index in [0.717, 1.165) is 50.2 Å². The van der Waals surface area contributed by atoms with E-state index in [1.165, 1.54) is 25.7 Å². The second kappa shape index (κ2) is 4.52. The van der Waals surface area contributed by atoms with E-state index >= 15 is 0 Å². The molecule has 0 aromatic rings. The first-order valence-corrected chi connectivity index (χ1v) is 7.52. The first-order chi connectivity index (χ1) is 8.57. The van der Waals surface area contributed by atoms with Crippen LogP contribution in [-0.2, 0) is 4.79 Å². The van der Waals surface area contributed by atoms with Crippen molar-refractivity contribution in [2.75, 3.05) is 19.6 Å². The summed E-state index contributed by atoms with van der Waals surface area (Å²) in [5, 5.41) is 9.35. The average Bonchev–Trinajstić information content (AvgIpc) is 2.91. The Balaban J connectivity index is 1.58. The Bertz CT molecular complexity index is 343. The Morgan fingerprint density at radius 3 is 2.83 bits per heavy atom. The molecule has 4 atom stereocenters. The Morgan fingerprint density at radius 1 is 1.39 bits per heavy atom. The minimum Gasteiger partial charge on any atom is -0.481 e. The third-order valence-corrected chi connectivity index (χ3v) is 5.67. The molecule has 0 aromatic carbocycles. The third-order valence-electron chi connectivity index (χ3n) is 5.67. The van der Waals surface area contributed by atoms with E-state index in [9.17, 15) is 9.90 Å². The monoisotopic (exact) mass is 251 g/mol. The van der Waals surface area contributed by atoms with Crippen molar-refractivity contribution < 1.29 is 9.90 Å². The topological polar surface area (TPSA) is 40.5 Å². The van der Waals surface area contributed by atoms with Gasteiger partial charge in [0.2, 0.25) is 0 Å². The Hall–Kier alpha value is -0.570. The number of aliphatic carboxylic acids is 1. The number of rotatable bonds is 3. The van der Waals surface area contributed by atoms with Gasteiger partial charge >= 0.3 is 5.97 Å².